The number of nitrogens with zero attached hydrogens (tertiary/aromatic N) is 3. The maximum atomic E-state index is 12.6. The number of anilines is 1. The lowest BCUT2D eigenvalue weighted by Gasteiger charge is -2.11. The van der Waals surface area contributed by atoms with E-state index in [2.05, 4.69) is 25.6 Å². The molecule has 8 heteroatoms. The summed E-state index contributed by atoms with van der Waals surface area (Å²) >= 11 is 5.29. The van der Waals surface area contributed by atoms with Crippen molar-refractivity contribution in [3.63, 3.8) is 0 Å². The van der Waals surface area contributed by atoms with Crippen LogP contribution in [0.4, 0.5) is 5.69 Å². The summed E-state index contributed by atoms with van der Waals surface area (Å²) in [4.78, 5) is 24.7. The van der Waals surface area contributed by atoms with Gasteiger partial charge in [0.1, 0.15) is 17.8 Å². The van der Waals surface area contributed by atoms with Crippen LogP contribution in [0, 0.1) is 0 Å². The molecule has 0 spiro atoms. The standard InChI is InChI=1S/C23H17N5O2S/c29-22(17-9-16(11-24-12-17)18-13-25-15-26-14-18)28-23(31)27-19-5-4-8-21(10-19)30-20-6-2-1-3-7-20/h1-15H,(H2,27,28,29,31). The molecule has 2 N–H and O–H groups in total. The molecule has 0 bridgehead atoms. The monoisotopic (exact) mass is 427 g/mol. The Hall–Kier alpha value is -4.17. The van der Waals surface area contributed by atoms with Crippen molar-refractivity contribution in [1.82, 2.24) is 20.3 Å². The molecule has 1 amide bonds. The average molecular weight is 427 g/mol. The Labute approximate surface area is 184 Å². The number of pyridine rings is 1. The summed E-state index contributed by atoms with van der Waals surface area (Å²) in [5.74, 6) is 0.999. The Morgan fingerprint density at radius 1 is 0.806 bits per heavy atom. The molecule has 0 fully saturated rings. The first-order valence-electron chi connectivity index (χ1n) is 9.33. The van der Waals surface area contributed by atoms with Crippen LogP contribution >= 0.6 is 12.2 Å². The van der Waals surface area contributed by atoms with Gasteiger partial charge in [0.2, 0.25) is 0 Å². The van der Waals surface area contributed by atoms with Crippen molar-refractivity contribution in [2.75, 3.05) is 5.32 Å². The Morgan fingerprint density at radius 3 is 2.35 bits per heavy atom. The molecule has 2 heterocycles. The topological polar surface area (TPSA) is 89.0 Å². The van der Waals surface area contributed by atoms with Gasteiger partial charge in [0.25, 0.3) is 5.91 Å². The number of rotatable bonds is 5. The minimum absolute atomic E-state index is 0.162. The molecule has 7 nitrogen and oxygen atoms in total. The van der Waals surface area contributed by atoms with Gasteiger partial charge >= 0.3 is 0 Å². The van der Waals surface area contributed by atoms with E-state index in [9.17, 15) is 4.79 Å². The van der Waals surface area contributed by atoms with Gasteiger partial charge in [0.15, 0.2) is 5.11 Å². The molecule has 4 rings (SSSR count). The van der Waals surface area contributed by atoms with Crippen molar-refractivity contribution in [3.05, 3.63) is 97.3 Å². The first-order chi connectivity index (χ1) is 15.2. The fraction of sp³-hybridized carbons (Fsp3) is 0. The second-order valence-electron chi connectivity index (χ2n) is 6.44. The lowest BCUT2D eigenvalue weighted by molar-refractivity contribution is 0.0977. The van der Waals surface area contributed by atoms with E-state index in [1.807, 2.05) is 48.5 Å². The third-order valence-corrected chi connectivity index (χ3v) is 4.40. The number of nitrogens with one attached hydrogen (secondary N) is 2. The molecule has 0 aliphatic heterocycles. The van der Waals surface area contributed by atoms with Gasteiger partial charge in [-0.15, -0.1) is 0 Å². The zero-order valence-electron chi connectivity index (χ0n) is 16.2. The molecule has 0 radical (unpaired) electrons. The highest BCUT2D eigenvalue weighted by molar-refractivity contribution is 7.80. The number of benzene rings is 2. The van der Waals surface area contributed by atoms with E-state index in [0.717, 1.165) is 16.9 Å². The van der Waals surface area contributed by atoms with Crippen LogP contribution in [-0.2, 0) is 0 Å². The van der Waals surface area contributed by atoms with E-state index < -0.39 is 0 Å². The highest BCUT2D eigenvalue weighted by Crippen LogP contribution is 2.24. The molecular weight excluding hydrogens is 410 g/mol. The number of aromatic nitrogens is 3. The molecule has 0 atom stereocenters. The molecule has 0 unspecified atom stereocenters. The molecule has 4 aromatic rings. The molecular formula is C23H17N5O2S. The normalized spacial score (nSPS) is 10.2. The number of carbonyl (C=O) groups excluding carboxylic acids is 1. The summed E-state index contributed by atoms with van der Waals surface area (Å²) in [6.45, 7) is 0. The summed E-state index contributed by atoms with van der Waals surface area (Å²) in [6.07, 6.45) is 7.87. The van der Waals surface area contributed by atoms with Gasteiger partial charge in [-0.25, -0.2) is 9.97 Å². The Balaban J connectivity index is 1.40. The first-order valence-corrected chi connectivity index (χ1v) is 9.74. The lowest BCUT2D eigenvalue weighted by atomic mass is 10.1. The SMILES string of the molecule is O=C(NC(=S)Nc1cccc(Oc2ccccc2)c1)c1cncc(-c2cncnc2)c1. The van der Waals surface area contributed by atoms with Crippen molar-refractivity contribution in [2.24, 2.45) is 0 Å². The van der Waals surface area contributed by atoms with Crippen LogP contribution in [0.2, 0.25) is 0 Å². The highest BCUT2D eigenvalue weighted by Gasteiger charge is 2.11. The first kappa shape index (κ1) is 20.1. The summed E-state index contributed by atoms with van der Waals surface area (Å²) in [7, 11) is 0. The van der Waals surface area contributed by atoms with Gasteiger partial charge in [-0.3, -0.25) is 15.1 Å². The van der Waals surface area contributed by atoms with E-state index in [1.54, 1.807) is 30.7 Å². The number of hydrogen-bond acceptors (Lipinski definition) is 6. The molecule has 0 aliphatic carbocycles. The largest absolute Gasteiger partial charge is 0.457 e. The van der Waals surface area contributed by atoms with Crippen LogP contribution in [0.3, 0.4) is 0 Å². The van der Waals surface area contributed by atoms with Crippen molar-refractivity contribution >= 4 is 28.9 Å². The Kier molecular flexibility index (Phi) is 6.20. The van der Waals surface area contributed by atoms with Crippen LogP contribution in [-0.4, -0.2) is 26.0 Å². The number of ether oxygens (including phenoxy) is 1. The molecule has 2 aromatic carbocycles. The predicted octanol–water partition coefficient (Wildman–Crippen LogP) is 4.46. The summed E-state index contributed by atoms with van der Waals surface area (Å²) in [5, 5.41) is 5.82. The van der Waals surface area contributed by atoms with E-state index in [-0.39, 0.29) is 11.0 Å². The number of amides is 1. The van der Waals surface area contributed by atoms with Gasteiger partial charge in [-0.05, 0) is 42.5 Å². The summed E-state index contributed by atoms with van der Waals surface area (Å²) < 4.78 is 5.82. The van der Waals surface area contributed by atoms with Crippen molar-refractivity contribution < 1.29 is 9.53 Å². The van der Waals surface area contributed by atoms with Crippen molar-refractivity contribution in [2.45, 2.75) is 0 Å². The molecule has 152 valence electrons. The Bertz CT molecular complexity index is 1200. The van der Waals surface area contributed by atoms with Crippen LogP contribution < -0.4 is 15.4 Å². The molecule has 0 saturated carbocycles. The highest BCUT2D eigenvalue weighted by atomic mass is 32.1. The van der Waals surface area contributed by atoms with E-state index in [4.69, 9.17) is 17.0 Å². The van der Waals surface area contributed by atoms with E-state index >= 15 is 0 Å². The molecule has 0 aliphatic rings. The molecule has 31 heavy (non-hydrogen) atoms. The minimum atomic E-state index is -0.375. The third kappa shape index (κ3) is 5.46. The predicted molar refractivity (Wildman–Crippen MR) is 122 cm³/mol. The Morgan fingerprint density at radius 2 is 1.55 bits per heavy atom. The number of para-hydroxylation sites is 1. The second kappa shape index (κ2) is 9.55. The van der Waals surface area contributed by atoms with Gasteiger partial charge in [-0.1, -0.05) is 24.3 Å². The van der Waals surface area contributed by atoms with Crippen LogP contribution in [0.15, 0.2) is 91.8 Å². The third-order valence-electron chi connectivity index (χ3n) is 4.19. The van der Waals surface area contributed by atoms with E-state index in [0.29, 0.717) is 17.0 Å². The average Bonchev–Trinajstić information content (AvgIpc) is 2.80. The number of hydrogen-bond donors (Lipinski definition) is 2. The fourth-order valence-corrected chi connectivity index (χ4v) is 2.98. The minimum Gasteiger partial charge on any atom is -0.457 e. The second-order valence-corrected chi connectivity index (χ2v) is 6.85. The van der Waals surface area contributed by atoms with Crippen LogP contribution in [0.5, 0.6) is 11.5 Å². The summed E-state index contributed by atoms with van der Waals surface area (Å²) in [5.41, 5.74) is 2.55. The molecule has 2 aromatic heterocycles. The quantitative estimate of drug-likeness (QED) is 0.455. The van der Waals surface area contributed by atoms with Crippen molar-refractivity contribution in [1.29, 1.82) is 0 Å². The van der Waals surface area contributed by atoms with Gasteiger partial charge in [0, 0.05) is 47.7 Å². The van der Waals surface area contributed by atoms with Gasteiger partial charge in [-0.2, -0.15) is 0 Å². The smallest absolute Gasteiger partial charge is 0.258 e. The van der Waals surface area contributed by atoms with Crippen LogP contribution in [0.25, 0.3) is 11.1 Å². The molecule has 0 saturated heterocycles. The van der Waals surface area contributed by atoms with Gasteiger partial charge in [0.05, 0.1) is 5.56 Å². The summed E-state index contributed by atoms with van der Waals surface area (Å²) in [6, 6.07) is 18.5. The van der Waals surface area contributed by atoms with Crippen LogP contribution in [0.1, 0.15) is 10.4 Å². The zero-order chi connectivity index (χ0) is 21.5. The maximum Gasteiger partial charge on any atom is 0.258 e. The van der Waals surface area contributed by atoms with Crippen molar-refractivity contribution in [3.8, 4) is 22.6 Å². The van der Waals surface area contributed by atoms with Gasteiger partial charge < -0.3 is 10.1 Å². The number of carbonyl (C=O) groups is 1. The zero-order valence-corrected chi connectivity index (χ0v) is 17.0. The maximum absolute atomic E-state index is 12.6. The number of thiocarbonyl (C=S) groups is 1. The lowest BCUT2D eigenvalue weighted by Crippen LogP contribution is -2.34. The fourth-order valence-electron chi connectivity index (χ4n) is 2.77. The van der Waals surface area contributed by atoms with E-state index in [1.165, 1.54) is 12.5 Å².